The second-order valence-electron chi connectivity index (χ2n) is 6.57. The molecular formula is C21H21N3O4. The lowest BCUT2D eigenvalue weighted by Crippen LogP contribution is -2.38. The molecule has 1 aromatic heterocycles. The summed E-state index contributed by atoms with van der Waals surface area (Å²) in [5, 5.41) is 14.3. The number of aromatic amines is 1. The SMILES string of the molecule is CCOc1ccccc1-n1c(O)c([C@H]2NCCc3ccccc32)c(=O)[nH]c1=O. The Morgan fingerprint density at radius 1 is 1.14 bits per heavy atom. The Morgan fingerprint density at radius 3 is 2.71 bits per heavy atom. The number of aromatic hydroxyl groups is 1. The number of nitrogens with zero attached hydrogens (tertiary/aromatic N) is 1. The number of nitrogens with one attached hydrogen (secondary N) is 2. The highest BCUT2D eigenvalue weighted by Crippen LogP contribution is 2.33. The van der Waals surface area contributed by atoms with Crippen LogP contribution in [0.5, 0.6) is 11.6 Å². The smallest absolute Gasteiger partial charge is 0.335 e. The Bertz CT molecular complexity index is 1130. The van der Waals surface area contributed by atoms with Crippen LogP contribution in [0.3, 0.4) is 0 Å². The van der Waals surface area contributed by atoms with E-state index >= 15 is 0 Å². The third-order valence-electron chi connectivity index (χ3n) is 4.92. The van der Waals surface area contributed by atoms with Crippen molar-refractivity contribution in [3.63, 3.8) is 0 Å². The summed E-state index contributed by atoms with van der Waals surface area (Å²) in [5.74, 6) is 0.0486. The summed E-state index contributed by atoms with van der Waals surface area (Å²) < 4.78 is 6.68. The summed E-state index contributed by atoms with van der Waals surface area (Å²) in [6.45, 7) is 2.90. The molecule has 0 spiro atoms. The third kappa shape index (κ3) is 2.99. The van der Waals surface area contributed by atoms with E-state index in [0.717, 1.165) is 22.1 Å². The molecule has 144 valence electrons. The highest BCUT2D eigenvalue weighted by Gasteiger charge is 2.29. The Morgan fingerprint density at radius 2 is 1.89 bits per heavy atom. The van der Waals surface area contributed by atoms with Crippen molar-refractivity contribution in [1.29, 1.82) is 0 Å². The van der Waals surface area contributed by atoms with Crippen LogP contribution < -0.4 is 21.3 Å². The van der Waals surface area contributed by atoms with Crippen molar-refractivity contribution >= 4 is 0 Å². The Kier molecular flexibility index (Phi) is 4.75. The molecule has 2 aromatic carbocycles. The number of rotatable bonds is 4. The van der Waals surface area contributed by atoms with Crippen molar-refractivity contribution in [3.8, 4) is 17.3 Å². The predicted octanol–water partition coefficient (Wildman–Crippen LogP) is 1.87. The summed E-state index contributed by atoms with van der Waals surface area (Å²) in [6.07, 6.45) is 0.832. The Hall–Kier alpha value is -3.32. The number of aromatic nitrogens is 2. The standard InChI is InChI=1S/C21H21N3O4/c1-2-28-16-10-6-5-9-15(16)24-20(26)17(19(25)23-21(24)27)18-14-8-4-3-7-13(14)11-12-22-18/h3-10,18,22,26H,2,11-12H2,1H3,(H,23,25,27)/t18-/m0/s1. The Labute approximate surface area is 161 Å². The van der Waals surface area contributed by atoms with Gasteiger partial charge < -0.3 is 15.2 Å². The van der Waals surface area contributed by atoms with Crippen LogP contribution in [0.15, 0.2) is 58.1 Å². The molecule has 7 nitrogen and oxygen atoms in total. The minimum absolute atomic E-state index is 0.109. The van der Waals surface area contributed by atoms with E-state index in [9.17, 15) is 14.7 Å². The van der Waals surface area contributed by atoms with Crippen molar-refractivity contribution in [2.45, 2.75) is 19.4 Å². The fraction of sp³-hybridized carbons (Fsp3) is 0.238. The van der Waals surface area contributed by atoms with Crippen molar-refractivity contribution in [2.75, 3.05) is 13.2 Å². The van der Waals surface area contributed by atoms with Crippen molar-refractivity contribution < 1.29 is 9.84 Å². The molecule has 0 saturated heterocycles. The molecule has 0 bridgehead atoms. The van der Waals surface area contributed by atoms with Gasteiger partial charge in [-0.05, 0) is 36.6 Å². The number of H-pyrrole nitrogens is 1. The van der Waals surface area contributed by atoms with Gasteiger partial charge in [-0.2, -0.15) is 0 Å². The van der Waals surface area contributed by atoms with Crippen LogP contribution in [0.25, 0.3) is 5.69 Å². The maximum atomic E-state index is 12.7. The lowest BCUT2D eigenvalue weighted by molar-refractivity contribution is 0.336. The molecular weight excluding hydrogens is 358 g/mol. The predicted molar refractivity (Wildman–Crippen MR) is 105 cm³/mol. The molecule has 7 heteroatoms. The third-order valence-corrected chi connectivity index (χ3v) is 4.92. The number of benzene rings is 2. The molecule has 1 atom stereocenters. The van der Waals surface area contributed by atoms with Crippen LogP contribution in [0.1, 0.15) is 29.7 Å². The van der Waals surface area contributed by atoms with Crippen molar-refractivity contribution in [1.82, 2.24) is 14.9 Å². The van der Waals surface area contributed by atoms with E-state index in [0.29, 0.717) is 24.6 Å². The molecule has 0 aliphatic carbocycles. The highest BCUT2D eigenvalue weighted by atomic mass is 16.5. The van der Waals surface area contributed by atoms with Gasteiger partial charge in [0, 0.05) is 6.54 Å². The van der Waals surface area contributed by atoms with Gasteiger partial charge in [-0.15, -0.1) is 0 Å². The maximum absolute atomic E-state index is 12.7. The lowest BCUT2D eigenvalue weighted by atomic mass is 9.90. The zero-order valence-electron chi connectivity index (χ0n) is 15.4. The summed E-state index contributed by atoms with van der Waals surface area (Å²) in [5.41, 5.74) is 1.17. The van der Waals surface area contributed by atoms with Gasteiger partial charge in [0.2, 0.25) is 5.88 Å². The first-order chi connectivity index (χ1) is 13.6. The van der Waals surface area contributed by atoms with Gasteiger partial charge in [-0.3, -0.25) is 9.78 Å². The number of para-hydroxylation sites is 2. The molecule has 0 fully saturated rings. The van der Waals surface area contributed by atoms with Crippen molar-refractivity contribution in [3.05, 3.63) is 86.1 Å². The number of fused-ring (bicyclic) bond motifs is 1. The lowest BCUT2D eigenvalue weighted by Gasteiger charge is -2.27. The van der Waals surface area contributed by atoms with Crippen LogP contribution in [0.2, 0.25) is 0 Å². The minimum Gasteiger partial charge on any atom is -0.494 e. The minimum atomic E-state index is -0.720. The second kappa shape index (κ2) is 7.36. The molecule has 1 aliphatic rings. The molecule has 3 N–H and O–H groups in total. The van der Waals surface area contributed by atoms with E-state index in [2.05, 4.69) is 10.3 Å². The highest BCUT2D eigenvalue weighted by molar-refractivity contribution is 5.51. The molecule has 0 radical (unpaired) electrons. The molecule has 28 heavy (non-hydrogen) atoms. The van der Waals surface area contributed by atoms with Gasteiger partial charge in [0.1, 0.15) is 5.75 Å². The molecule has 0 amide bonds. The van der Waals surface area contributed by atoms with Gasteiger partial charge in [-0.1, -0.05) is 36.4 Å². The zero-order valence-corrected chi connectivity index (χ0v) is 15.4. The average Bonchev–Trinajstić information content (AvgIpc) is 2.69. The Balaban J connectivity index is 1.95. The normalized spacial score (nSPS) is 15.8. The van der Waals surface area contributed by atoms with Gasteiger partial charge in [-0.25, -0.2) is 9.36 Å². The summed E-state index contributed by atoms with van der Waals surface area (Å²) in [4.78, 5) is 27.6. The largest absolute Gasteiger partial charge is 0.494 e. The summed E-state index contributed by atoms with van der Waals surface area (Å²) in [6, 6.07) is 14.2. The van der Waals surface area contributed by atoms with Crippen LogP contribution in [-0.2, 0) is 6.42 Å². The number of ether oxygens (including phenoxy) is 1. The molecule has 2 heterocycles. The topological polar surface area (TPSA) is 96.3 Å². The van der Waals surface area contributed by atoms with Crippen LogP contribution in [0, 0.1) is 0 Å². The first-order valence-corrected chi connectivity index (χ1v) is 9.23. The maximum Gasteiger partial charge on any atom is 0.335 e. The van der Waals surface area contributed by atoms with Gasteiger partial charge in [0.25, 0.3) is 5.56 Å². The van der Waals surface area contributed by atoms with Crippen molar-refractivity contribution in [2.24, 2.45) is 0 Å². The van der Waals surface area contributed by atoms with E-state index < -0.39 is 23.2 Å². The molecule has 0 unspecified atom stereocenters. The quantitative estimate of drug-likeness (QED) is 0.643. The van der Waals surface area contributed by atoms with E-state index in [1.54, 1.807) is 24.3 Å². The molecule has 1 aliphatic heterocycles. The molecule has 3 aromatic rings. The van der Waals surface area contributed by atoms with Gasteiger partial charge in [0.05, 0.1) is 23.9 Å². The summed E-state index contributed by atoms with van der Waals surface area (Å²) in [7, 11) is 0. The van der Waals surface area contributed by atoms with E-state index in [1.807, 2.05) is 31.2 Å². The van der Waals surface area contributed by atoms with E-state index in [1.165, 1.54) is 0 Å². The molecule has 0 saturated carbocycles. The first kappa shape index (κ1) is 18.1. The van der Waals surface area contributed by atoms with E-state index in [-0.39, 0.29) is 5.56 Å². The second-order valence-corrected chi connectivity index (χ2v) is 6.57. The fourth-order valence-corrected chi connectivity index (χ4v) is 3.70. The monoisotopic (exact) mass is 379 g/mol. The molecule has 4 rings (SSSR count). The average molecular weight is 379 g/mol. The van der Waals surface area contributed by atoms with Crippen LogP contribution in [0.4, 0.5) is 0 Å². The summed E-state index contributed by atoms with van der Waals surface area (Å²) >= 11 is 0. The van der Waals surface area contributed by atoms with E-state index in [4.69, 9.17) is 4.74 Å². The van der Waals surface area contributed by atoms with Crippen LogP contribution >= 0.6 is 0 Å². The fourth-order valence-electron chi connectivity index (χ4n) is 3.70. The number of hydrogen-bond acceptors (Lipinski definition) is 5. The van der Waals surface area contributed by atoms with Crippen LogP contribution in [-0.4, -0.2) is 27.8 Å². The van der Waals surface area contributed by atoms with Gasteiger partial charge >= 0.3 is 5.69 Å². The first-order valence-electron chi connectivity index (χ1n) is 9.23. The van der Waals surface area contributed by atoms with Gasteiger partial charge in [0.15, 0.2) is 0 Å². The number of hydrogen-bond donors (Lipinski definition) is 3. The zero-order chi connectivity index (χ0) is 19.7.